The number of anilines is 1. The highest BCUT2D eigenvalue weighted by molar-refractivity contribution is 7.18. The summed E-state index contributed by atoms with van der Waals surface area (Å²) in [5, 5.41) is 2.63. The van der Waals surface area contributed by atoms with E-state index in [-0.39, 0.29) is 32.8 Å². The number of hydrogen-bond acceptors (Lipinski definition) is 6. The van der Waals surface area contributed by atoms with Crippen LogP contribution in [0.5, 0.6) is 5.75 Å². The first-order valence-corrected chi connectivity index (χ1v) is 8.92. The molecule has 0 saturated carbocycles. The van der Waals surface area contributed by atoms with Crippen molar-refractivity contribution >= 4 is 45.7 Å². The smallest absolute Gasteiger partial charge is 0.341 e. The molecule has 10 heteroatoms. The Bertz CT molecular complexity index is 900. The highest BCUT2D eigenvalue weighted by Crippen LogP contribution is 2.33. The fourth-order valence-electron chi connectivity index (χ4n) is 2.18. The normalized spacial score (nSPS) is 10.4. The van der Waals surface area contributed by atoms with Crippen molar-refractivity contribution in [1.82, 2.24) is 0 Å². The SMILES string of the molecule is CCOC(=O)c1c(NC(=O)COc2ccc(F)cc2Cl)sc(C(N)=O)c1C. The van der Waals surface area contributed by atoms with Gasteiger partial charge in [0.25, 0.3) is 11.8 Å². The van der Waals surface area contributed by atoms with Crippen molar-refractivity contribution < 1.29 is 28.2 Å². The molecule has 0 aliphatic heterocycles. The number of halogens is 2. The fraction of sp³-hybridized carbons (Fsp3) is 0.235. The minimum absolute atomic E-state index is 0.0120. The second-order valence-corrected chi connectivity index (χ2v) is 6.68. The van der Waals surface area contributed by atoms with E-state index in [1.165, 1.54) is 13.0 Å². The van der Waals surface area contributed by atoms with E-state index in [9.17, 15) is 18.8 Å². The number of benzene rings is 1. The van der Waals surface area contributed by atoms with Crippen molar-refractivity contribution in [3.8, 4) is 5.75 Å². The van der Waals surface area contributed by atoms with E-state index in [1.807, 2.05) is 0 Å². The van der Waals surface area contributed by atoms with E-state index >= 15 is 0 Å². The Hall–Kier alpha value is -2.65. The summed E-state index contributed by atoms with van der Waals surface area (Å²) >= 11 is 6.69. The lowest BCUT2D eigenvalue weighted by Gasteiger charge is -2.09. The maximum atomic E-state index is 13.0. The summed E-state index contributed by atoms with van der Waals surface area (Å²) in [6.45, 7) is 2.84. The molecule has 7 nitrogen and oxygen atoms in total. The predicted molar refractivity (Wildman–Crippen MR) is 99.1 cm³/mol. The summed E-state index contributed by atoms with van der Waals surface area (Å²) in [5.41, 5.74) is 5.68. The van der Waals surface area contributed by atoms with Gasteiger partial charge in [0.2, 0.25) is 0 Å². The molecule has 2 amide bonds. The first-order chi connectivity index (χ1) is 12.7. The third-order valence-corrected chi connectivity index (χ3v) is 4.87. The molecule has 0 fully saturated rings. The molecule has 1 heterocycles. The Morgan fingerprint density at radius 3 is 2.63 bits per heavy atom. The van der Waals surface area contributed by atoms with Gasteiger partial charge < -0.3 is 20.5 Å². The summed E-state index contributed by atoms with van der Waals surface area (Å²) in [5.74, 6) is -2.43. The summed E-state index contributed by atoms with van der Waals surface area (Å²) in [4.78, 5) is 36.0. The van der Waals surface area contributed by atoms with Gasteiger partial charge in [0.15, 0.2) is 6.61 Å². The fourth-order valence-corrected chi connectivity index (χ4v) is 3.47. The molecule has 1 aromatic carbocycles. The van der Waals surface area contributed by atoms with Crippen molar-refractivity contribution in [2.45, 2.75) is 13.8 Å². The van der Waals surface area contributed by atoms with Gasteiger partial charge in [-0.3, -0.25) is 9.59 Å². The highest BCUT2D eigenvalue weighted by atomic mass is 35.5. The predicted octanol–water partition coefficient (Wildman–Crippen LogP) is 3.14. The van der Waals surface area contributed by atoms with Gasteiger partial charge >= 0.3 is 5.97 Å². The highest BCUT2D eigenvalue weighted by Gasteiger charge is 2.25. The monoisotopic (exact) mass is 414 g/mol. The summed E-state index contributed by atoms with van der Waals surface area (Å²) in [6, 6.07) is 3.48. The molecule has 0 atom stereocenters. The third-order valence-electron chi connectivity index (χ3n) is 3.36. The number of nitrogens with one attached hydrogen (secondary N) is 1. The lowest BCUT2D eigenvalue weighted by atomic mass is 10.1. The molecular formula is C17H16ClFN2O5S. The van der Waals surface area contributed by atoms with Gasteiger partial charge in [-0.25, -0.2) is 9.18 Å². The van der Waals surface area contributed by atoms with E-state index < -0.39 is 30.2 Å². The van der Waals surface area contributed by atoms with Crippen molar-refractivity contribution in [3.05, 3.63) is 45.0 Å². The van der Waals surface area contributed by atoms with Crippen molar-refractivity contribution in [1.29, 1.82) is 0 Å². The minimum Gasteiger partial charge on any atom is -0.482 e. The number of nitrogens with two attached hydrogens (primary N) is 1. The van der Waals surface area contributed by atoms with Gasteiger partial charge in [-0.05, 0) is 37.6 Å². The Kier molecular flexibility index (Phi) is 6.75. The number of ether oxygens (including phenoxy) is 2. The zero-order valence-corrected chi connectivity index (χ0v) is 16.0. The van der Waals surface area contributed by atoms with Crippen LogP contribution in [0.3, 0.4) is 0 Å². The van der Waals surface area contributed by atoms with E-state index in [0.717, 1.165) is 23.5 Å². The molecule has 1 aromatic heterocycles. The third kappa shape index (κ3) is 4.95. The van der Waals surface area contributed by atoms with E-state index in [4.69, 9.17) is 26.8 Å². The van der Waals surface area contributed by atoms with Crippen molar-refractivity contribution in [3.63, 3.8) is 0 Å². The van der Waals surface area contributed by atoms with E-state index in [1.54, 1.807) is 6.92 Å². The number of thiophene rings is 1. The molecule has 0 spiro atoms. The zero-order chi connectivity index (χ0) is 20.1. The van der Waals surface area contributed by atoms with Gasteiger partial charge in [-0.2, -0.15) is 0 Å². The van der Waals surface area contributed by atoms with Gasteiger partial charge in [0.1, 0.15) is 16.6 Å². The van der Waals surface area contributed by atoms with E-state index in [0.29, 0.717) is 5.56 Å². The molecule has 0 radical (unpaired) electrons. The molecule has 0 bridgehead atoms. The molecule has 2 rings (SSSR count). The van der Waals surface area contributed by atoms with Crippen LogP contribution < -0.4 is 15.8 Å². The summed E-state index contributed by atoms with van der Waals surface area (Å²) in [7, 11) is 0. The van der Waals surface area contributed by atoms with Crippen molar-refractivity contribution in [2.24, 2.45) is 5.73 Å². The minimum atomic E-state index is -0.724. The second-order valence-electron chi connectivity index (χ2n) is 5.26. The van der Waals surface area contributed by atoms with Gasteiger partial charge in [0.05, 0.1) is 22.1 Å². The van der Waals surface area contributed by atoms with Crippen LogP contribution in [0.1, 0.15) is 32.5 Å². The lowest BCUT2D eigenvalue weighted by Crippen LogP contribution is -2.21. The van der Waals surface area contributed by atoms with Crippen LogP contribution >= 0.6 is 22.9 Å². The lowest BCUT2D eigenvalue weighted by molar-refractivity contribution is -0.118. The van der Waals surface area contributed by atoms with Crippen LogP contribution in [0, 0.1) is 12.7 Å². The van der Waals surface area contributed by atoms with Crippen LogP contribution in [0.25, 0.3) is 0 Å². The Morgan fingerprint density at radius 2 is 2.04 bits per heavy atom. The topological polar surface area (TPSA) is 108 Å². The number of hydrogen-bond donors (Lipinski definition) is 2. The molecule has 27 heavy (non-hydrogen) atoms. The number of esters is 1. The average molecular weight is 415 g/mol. The van der Waals surface area contributed by atoms with E-state index in [2.05, 4.69) is 5.32 Å². The molecule has 0 aliphatic rings. The molecular weight excluding hydrogens is 399 g/mol. The standard InChI is InChI=1S/C17H16ClFN2O5S/c1-3-25-17(24)13-8(2)14(15(20)23)27-16(13)21-12(22)7-26-11-5-4-9(19)6-10(11)18/h4-6H,3,7H2,1-2H3,(H2,20,23)(H,21,22). The summed E-state index contributed by atoms with van der Waals surface area (Å²) < 4.78 is 23.2. The molecule has 2 aromatic rings. The maximum absolute atomic E-state index is 13.0. The Morgan fingerprint density at radius 1 is 1.33 bits per heavy atom. The molecule has 144 valence electrons. The molecule has 3 N–H and O–H groups in total. The van der Waals surface area contributed by atoms with Gasteiger partial charge in [-0.1, -0.05) is 11.6 Å². The molecule has 0 saturated heterocycles. The first kappa shape index (κ1) is 20.7. The number of amides is 2. The van der Waals surface area contributed by atoms with Crippen LogP contribution in [-0.4, -0.2) is 31.0 Å². The number of primary amides is 1. The quantitative estimate of drug-likeness (QED) is 0.676. The molecule has 0 aliphatic carbocycles. The van der Waals surface area contributed by atoms with Gasteiger partial charge in [0, 0.05) is 0 Å². The second kappa shape index (κ2) is 8.83. The average Bonchev–Trinajstić information content (AvgIpc) is 2.90. The largest absolute Gasteiger partial charge is 0.482 e. The van der Waals surface area contributed by atoms with Crippen molar-refractivity contribution in [2.75, 3.05) is 18.5 Å². The first-order valence-electron chi connectivity index (χ1n) is 7.72. The zero-order valence-electron chi connectivity index (χ0n) is 14.4. The van der Waals surface area contributed by atoms with Crippen LogP contribution in [0.4, 0.5) is 9.39 Å². The van der Waals surface area contributed by atoms with Gasteiger partial charge in [-0.15, -0.1) is 11.3 Å². The summed E-state index contributed by atoms with van der Waals surface area (Å²) in [6.07, 6.45) is 0. The van der Waals surface area contributed by atoms with Crippen LogP contribution in [0.2, 0.25) is 5.02 Å². The van der Waals surface area contributed by atoms with Crippen LogP contribution in [0.15, 0.2) is 18.2 Å². The van der Waals surface area contributed by atoms with Crippen LogP contribution in [-0.2, 0) is 9.53 Å². The Balaban J connectivity index is 2.17. The number of carbonyl (C=O) groups excluding carboxylic acids is 3. The number of carbonyl (C=O) groups is 3. The molecule has 0 unspecified atom stereocenters. The number of rotatable bonds is 7. The maximum Gasteiger partial charge on any atom is 0.341 e. The Labute approximate surface area is 163 Å².